The van der Waals surface area contributed by atoms with E-state index in [0.29, 0.717) is 31.5 Å². The Morgan fingerprint density at radius 3 is 2.43 bits per heavy atom. The Kier molecular flexibility index (Phi) is 7.57. The van der Waals surface area contributed by atoms with Gasteiger partial charge in [-0.2, -0.15) is 0 Å². The average molecular weight is 407 g/mol. The minimum atomic E-state index is -3.63. The van der Waals surface area contributed by atoms with Crippen molar-refractivity contribution in [2.24, 2.45) is 0 Å². The molecule has 1 amide bonds. The summed E-state index contributed by atoms with van der Waals surface area (Å²) in [5, 5.41) is 2.83. The fraction of sp³-hybridized carbons (Fsp3) is 0.381. The number of amides is 1. The fourth-order valence-corrected chi connectivity index (χ4v) is 4.30. The van der Waals surface area contributed by atoms with Crippen LogP contribution in [0.25, 0.3) is 0 Å². The second-order valence-electron chi connectivity index (χ2n) is 6.84. The summed E-state index contributed by atoms with van der Waals surface area (Å²) in [7, 11) is -3.63. The molecule has 0 aliphatic carbocycles. The van der Waals surface area contributed by atoms with E-state index in [1.807, 2.05) is 13.0 Å². The van der Waals surface area contributed by atoms with Crippen LogP contribution in [-0.4, -0.2) is 33.2 Å². The number of carbonyl (C=O) groups is 1. The molecule has 28 heavy (non-hydrogen) atoms. The molecule has 0 bridgehead atoms. The average Bonchev–Trinajstić information content (AvgIpc) is 2.63. The van der Waals surface area contributed by atoms with Crippen molar-refractivity contribution < 1.29 is 17.6 Å². The number of hydrogen-bond acceptors (Lipinski definition) is 3. The number of sulfonamides is 1. The molecular weight excluding hydrogens is 379 g/mol. The van der Waals surface area contributed by atoms with Gasteiger partial charge in [-0.05, 0) is 61.6 Å². The highest BCUT2D eigenvalue weighted by Crippen LogP contribution is 2.23. The number of hydrogen-bond donors (Lipinski definition) is 1. The van der Waals surface area contributed by atoms with E-state index in [1.165, 1.54) is 16.4 Å². The highest BCUT2D eigenvalue weighted by Gasteiger charge is 2.31. The molecule has 0 fully saturated rings. The first-order valence-electron chi connectivity index (χ1n) is 9.30. The summed E-state index contributed by atoms with van der Waals surface area (Å²) >= 11 is 0. The summed E-state index contributed by atoms with van der Waals surface area (Å²) in [6.07, 6.45) is 2.84. The van der Waals surface area contributed by atoms with Crippen molar-refractivity contribution in [2.75, 3.05) is 17.1 Å². The summed E-state index contributed by atoms with van der Waals surface area (Å²) in [6.45, 7) is 4.08. The predicted octanol–water partition coefficient (Wildman–Crippen LogP) is 3.43. The molecule has 1 N–H and O–H groups in total. The van der Waals surface area contributed by atoms with Crippen molar-refractivity contribution in [3.05, 3.63) is 65.5 Å². The Labute approximate surface area is 166 Å². The molecule has 0 aliphatic rings. The molecule has 7 heteroatoms. The molecule has 2 aromatic rings. The molecule has 2 rings (SSSR count). The van der Waals surface area contributed by atoms with Gasteiger partial charge in [0.2, 0.25) is 15.9 Å². The van der Waals surface area contributed by atoms with Gasteiger partial charge in [-0.3, -0.25) is 9.10 Å². The molecule has 0 spiro atoms. The maximum atomic E-state index is 12.9. The lowest BCUT2D eigenvalue weighted by Gasteiger charge is -2.30. The number of nitrogens with one attached hydrogen (secondary N) is 1. The number of aryl methyl sites for hydroxylation is 2. The van der Waals surface area contributed by atoms with Crippen molar-refractivity contribution in [1.82, 2.24) is 5.32 Å². The largest absolute Gasteiger partial charge is 0.354 e. The second kappa shape index (κ2) is 9.68. The molecule has 2 aromatic carbocycles. The van der Waals surface area contributed by atoms with Crippen molar-refractivity contribution >= 4 is 21.6 Å². The number of carbonyl (C=O) groups excluding carboxylic acids is 1. The highest BCUT2D eigenvalue weighted by atomic mass is 32.2. The van der Waals surface area contributed by atoms with E-state index in [9.17, 15) is 17.6 Å². The predicted molar refractivity (Wildman–Crippen MR) is 110 cm³/mol. The van der Waals surface area contributed by atoms with Crippen LogP contribution in [0.4, 0.5) is 10.1 Å². The summed E-state index contributed by atoms with van der Waals surface area (Å²) < 4.78 is 38.9. The molecular formula is C21H27FN2O3S. The monoisotopic (exact) mass is 406 g/mol. The molecule has 5 nitrogen and oxygen atoms in total. The van der Waals surface area contributed by atoms with Gasteiger partial charge in [0, 0.05) is 6.54 Å². The highest BCUT2D eigenvalue weighted by molar-refractivity contribution is 7.92. The van der Waals surface area contributed by atoms with Gasteiger partial charge in [-0.1, -0.05) is 31.2 Å². The van der Waals surface area contributed by atoms with Crippen molar-refractivity contribution in [3.63, 3.8) is 0 Å². The summed E-state index contributed by atoms with van der Waals surface area (Å²) in [4.78, 5) is 12.7. The minimum absolute atomic E-state index is 0.278. The lowest BCUT2D eigenvalue weighted by molar-refractivity contribution is -0.122. The summed E-state index contributed by atoms with van der Waals surface area (Å²) in [6, 6.07) is 12.5. The number of anilines is 1. The van der Waals surface area contributed by atoms with Crippen molar-refractivity contribution in [2.45, 2.75) is 39.2 Å². The molecule has 0 aromatic heterocycles. The zero-order valence-corrected chi connectivity index (χ0v) is 17.3. The lowest BCUT2D eigenvalue weighted by atomic mass is 10.1. The summed E-state index contributed by atoms with van der Waals surface area (Å²) in [5.41, 5.74) is 2.39. The molecule has 0 heterocycles. The molecule has 0 radical (unpaired) electrons. The van der Waals surface area contributed by atoms with Crippen LogP contribution in [0.15, 0.2) is 48.5 Å². The molecule has 152 valence electrons. The maximum Gasteiger partial charge on any atom is 0.243 e. The van der Waals surface area contributed by atoms with Gasteiger partial charge in [0.25, 0.3) is 0 Å². The van der Waals surface area contributed by atoms with E-state index in [2.05, 4.69) is 5.32 Å². The normalized spacial score (nSPS) is 12.4. The first-order valence-corrected chi connectivity index (χ1v) is 11.2. The van der Waals surface area contributed by atoms with Crippen LogP contribution < -0.4 is 9.62 Å². The van der Waals surface area contributed by atoms with E-state index < -0.39 is 16.1 Å². The lowest BCUT2D eigenvalue weighted by Crippen LogP contribution is -2.49. The number of nitrogens with zero attached hydrogens (tertiary/aromatic N) is 1. The van der Waals surface area contributed by atoms with Gasteiger partial charge in [0.1, 0.15) is 11.9 Å². The Morgan fingerprint density at radius 1 is 1.18 bits per heavy atom. The Hall–Kier alpha value is -2.41. The molecule has 1 atom stereocenters. The van der Waals surface area contributed by atoms with Crippen LogP contribution in [0.2, 0.25) is 0 Å². The molecule has 0 saturated heterocycles. The topological polar surface area (TPSA) is 66.5 Å². The molecule has 0 aliphatic heterocycles. The maximum absolute atomic E-state index is 12.9. The van der Waals surface area contributed by atoms with Gasteiger partial charge >= 0.3 is 0 Å². The first-order chi connectivity index (χ1) is 13.2. The van der Waals surface area contributed by atoms with Crippen LogP contribution in [0.1, 0.15) is 30.9 Å². The Morgan fingerprint density at radius 2 is 1.86 bits per heavy atom. The molecule has 0 saturated carbocycles. The third-order valence-electron chi connectivity index (χ3n) is 4.44. The first kappa shape index (κ1) is 21.9. The van der Waals surface area contributed by atoms with Crippen LogP contribution in [0.5, 0.6) is 0 Å². The van der Waals surface area contributed by atoms with Gasteiger partial charge in [-0.25, -0.2) is 12.8 Å². The van der Waals surface area contributed by atoms with E-state index in [1.54, 1.807) is 37.3 Å². The van der Waals surface area contributed by atoms with Gasteiger partial charge < -0.3 is 5.32 Å². The standard InChI is InChI=1S/C21H27FN2O3S/c1-4-20(24(28(3,26)27)19-9-5-7-16(2)15-19)21(25)23-14-6-8-17-10-12-18(22)13-11-17/h5,7,9-13,15,20H,4,6,8,14H2,1-3H3,(H,23,25)/t20-/m0/s1. The van der Waals surface area contributed by atoms with Gasteiger partial charge in [0.05, 0.1) is 11.9 Å². The number of halogens is 1. The second-order valence-corrected chi connectivity index (χ2v) is 8.70. The molecule has 0 unspecified atom stereocenters. The van der Waals surface area contributed by atoms with Gasteiger partial charge in [0.15, 0.2) is 0 Å². The van der Waals surface area contributed by atoms with Gasteiger partial charge in [-0.15, -0.1) is 0 Å². The van der Waals surface area contributed by atoms with Crippen LogP contribution in [0, 0.1) is 12.7 Å². The fourth-order valence-electron chi connectivity index (χ4n) is 3.10. The van der Waals surface area contributed by atoms with E-state index in [4.69, 9.17) is 0 Å². The third kappa shape index (κ3) is 6.05. The van der Waals surface area contributed by atoms with Crippen molar-refractivity contribution in [1.29, 1.82) is 0 Å². The third-order valence-corrected chi connectivity index (χ3v) is 5.62. The van der Waals surface area contributed by atoms with Crippen molar-refractivity contribution in [3.8, 4) is 0 Å². The quantitative estimate of drug-likeness (QED) is 0.649. The van der Waals surface area contributed by atoms with E-state index in [0.717, 1.165) is 17.4 Å². The van der Waals surface area contributed by atoms with Crippen LogP contribution in [0.3, 0.4) is 0 Å². The summed E-state index contributed by atoms with van der Waals surface area (Å²) in [5.74, 6) is -0.603. The van der Waals surface area contributed by atoms with Crippen LogP contribution in [-0.2, 0) is 21.2 Å². The Bertz CT molecular complexity index is 898. The minimum Gasteiger partial charge on any atom is -0.354 e. The Balaban J connectivity index is 2.04. The van der Waals surface area contributed by atoms with E-state index in [-0.39, 0.29) is 11.7 Å². The van der Waals surface area contributed by atoms with Crippen LogP contribution >= 0.6 is 0 Å². The number of rotatable bonds is 9. The SMILES string of the molecule is CC[C@@H](C(=O)NCCCc1ccc(F)cc1)N(c1cccc(C)c1)S(C)(=O)=O. The number of benzene rings is 2. The zero-order valence-electron chi connectivity index (χ0n) is 16.5. The smallest absolute Gasteiger partial charge is 0.243 e. The van der Waals surface area contributed by atoms with E-state index >= 15 is 0 Å². The zero-order chi connectivity index (χ0) is 20.7.